The highest BCUT2D eigenvalue weighted by molar-refractivity contribution is 5.45. The molecule has 1 fully saturated rings. The van der Waals surface area contributed by atoms with Gasteiger partial charge in [-0.3, -0.25) is 0 Å². The Morgan fingerprint density at radius 2 is 2.05 bits per heavy atom. The lowest BCUT2D eigenvalue weighted by molar-refractivity contribution is 0.284. The Bertz CT molecular complexity index is 415. The first kappa shape index (κ1) is 13.9. The molecule has 19 heavy (non-hydrogen) atoms. The van der Waals surface area contributed by atoms with Crippen LogP contribution in [0.1, 0.15) is 12.8 Å². The lowest BCUT2D eigenvalue weighted by Gasteiger charge is -2.34. The van der Waals surface area contributed by atoms with Crippen LogP contribution >= 0.6 is 0 Å². The standard InChI is InChI=1S/C13H23N5O/c1-17(2)9-10-4-6-18(7-5-10)11-8-12(19-3)16-13(14)15-11/h8,10H,4-7,9H2,1-3H3,(H2,14,15,16). The van der Waals surface area contributed by atoms with Gasteiger partial charge in [0.2, 0.25) is 11.8 Å². The number of methoxy groups -OCH3 is 1. The topological polar surface area (TPSA) is 67.5 Å². The number of anilines is 2. The number of rotatable bonds is 4. The molecule has 0 bridgehead atoms. The van der Waals surface area contributed by atoms with E-state index in [4.69, 9.17) is 10.5 Å². The summed E-state index contributed by atoms with van der Waals surface area (Å²) in [6.45, 7) is 3.18. The molecule has 2 rings (SSSR count). The van der Waals surface area contributed by atoms with Gasteiger partial charge in [0.15, 0.2) is 0 Å². The van der Waals surface area contributed by atoms with Crippen LogP contribution in [0.2, 0.25) is 0 Å². The molecule has 0 amide bonds. The maximum Gasteiger partial charge on any atom is 0.225 e. The fourth-order valence-corrected chi connectivity index (χ4v) is 2.56. The van der Waals surface area contributed by atoms with Gasteiger partial charge in [0.25, 0.3) is 0 Å². The molecule has 0 aromatic carbocycles. The molecule has 0 spiro atoms. The van der Waals surface area contributed by atoms with E-state index >= 15 is 0 Å². The summed E-state index contributed by atoms with van der Waals surface area (Å²) >= 11 is 0. The SMILES string of the molecule is COc1cc(N2CCC(CN(C)C)CC2)nc(N)n1. The molecule has 1 saturated heterocycles. The molecule has 1 aromatic heterocycles. The van der Waals surface area contributed by atoms with Gasteiger partial charge in [0, 0.05) is 25.7 Å². The van der Waals surface area contributed by atoms with Crippen molar-refractivity contribution in [3.05, 3.63) is 6.07 Å². The van der Waals surface area contributed by atoms with Crippen LogP contribution in [0.25, 0.3) is 0 Å². The third kappa shape index (κ3) is 3.70. The number of hydrogen-bond donors (Lipinski definition) is 1. The molecule has 0 aliphatic carbocycles. The molecule has 1 aromatic rings. The van der Waals surface area contributed by atoms with Crippen molar-refractivity contribution in [2.45, 2.75) is 12.8 Å². The van der Waals surface area contributed by atoms with E-state index < -0.39 is 0 Å². The second-order valence-corrected chi connectivity index (χ2v) is 5.32. The van der Waals surface area contributed by atoms with E-state index in [2.05, 4.69) is 33.9 Å². The second-order valence-electron chi connectivity index (χ2n) is 5.32. The number of piperidine rings is 1. The predicted molar refractivity (Wildman–Crippen MR) is 76.5 cm³/mol. The van der Waals surface area contributed by atoms with Crippen LogP contribution in [0, 0.1) is 5.92 Å². The molecule has 6 heteroatoms. The number of nitrogens with two attached hydrogens (primary N) is 1. The highest BCUT2D eigenvalue weighted by Gasteiger charge is 2.21. The molecule has 106 valence electrons. The minimum atomic E-state index is 0.268. The molecule has 2 heterocycles. The van der Waals surface area contributed by atoms with Crippen molar-refractivity contribution in [2.24, 2.45) is 5.92 Å². The van der Waals surface area contributed by atoms with Gasteiger partial charge in [0.05, 0.1) is 7.11 Å². The summed E-state index contributed by atoms with van der Waals surface area (Å²) in [6.07, 6.45) is 2.37. The van der Waals surface area contributed by atoms with Gasteiger partial charge in [-0.2, -0.15) is 9.97 Å². The summed E-state index contributed by atoms with van der Waals surface area (Å²) in [5.74, 6) is 2.43. The monoisotopic (exact) mass is 265 g/mol. The molecule has 1 aliphatic rings. The minimum Gasteiger partial charge on any atom is -0.481 e. The van der Waals surface area contributed by atoms with Crippen LogP contribution in [0.3, 0.4) is 0 Å². The number of ether oxygens (including phenoxy) is 1. The third-order valence-electron chi connectivity index (χ3n) is 3.48. The zero-order valence-corrected chi connectivity index (χ0v) is 12.0. The Kier molecular flexibility index (Phi) is 4.42. The number of nitrogens with zero attached hydrogens (tertiary/aromatic N) is 4. The van der Waals surface area contributed by atoms with Gasteiger partial charge in [-0.25, -0.2) is 0 Å². The molecular formula is C13H23N5O. The maximum atomic E-state index is 5.70. The molecule has 6 nitrogen and oxygen atoms in total. The first-order valence-corrected chi connectivity index (χ1v) is 6.66. The van der Waals surface area contributed by atoms with Crippen LogP contribution in [-0.4, -0.2) is 55.7 Å². The Hall–Kier alpha value is -1.56. The second kappa shape index (κ2) is 6.06. The van der Waals surface area contributed by atoms with Gasteiger partial charge in [-0.15, -0.1) is 0 Å². The quantitative estimate of drug-likeness (QED) is 0.870. The average molecular weight is 265 g/mol. The summed E-state index contributed by atoms with van der Waals surface area (Å²) in [4.78, 5) is 12.8. The molecular weight excluding hydrogens is 242 g/mol. The Morgan fingerprint density at radius 1 is 1.37 bits per heavy atom. The van der Waals surface area contributed by atoms with Crippen LogP contribution in [0.5, 0.6) is 5.88 Å². The average Bonchev–Trinajstić information content (AvgIpc) is 2.38. The number of aromatic nitrogens is 2. The minimum absolute atomic E-state index is 0.268. The van der Waals surface area contributed by atoms with E-state index in [1.165, 1.54) is 12.8 Å². The van der Waals surface area contributed by atoms with Crippen molar-refractivity contribution in [1.82, 2.24) is 14.9 Å². The summed E-state index contributed by atoms with van der Waals surface area (Å²) in [6, 6.07) is 1.85. The van der Waals surface area contributed by atoms with Gasteiger partial charge < -0.3 is 20.3 Å². The zero-order valence-electron chi connectivity index (χ0n) is 12.0. The highest BCUT2D eigenvalue weighted by Crippen LogP contribution is 2.24. The van der Waals surface area contributed by atoms with Crippen LogP contribution in [0.4, 0.5) is 11.8 Å². The lowest BCUT2D eigenvalue weighted by Crippen LogP contribution is -2.37. The van der Waals surface area contributed by atoms with Gasteiger partial charge in [-0.1, -0.05) is 0 Å². The van der Waals surface area contributed by atoms with Gasteiger partial charge in [-0.05, 0) is 32.9 Å². The fourth-order valence-electron chi connectivity index (χ4n) is 2.56. The molecule has 1 aliphatic heterocycles. The van der Waals surface area contributed by atoms with E-state index in [1.54, 1.807) is 7.11 Å². The van der Waals surface area contributed by atoms with Gasteiger partial charge >= 0.3 is 0 Å². The van der Waals surface area contributed by atoms with Crippen LogP contribution in [0.15, 0.2) is 6.07 Å². The van der Waals surface area contributed by atoms with Crippen molar-refractivity contribution in [1.29, 1.82) is 0 Å². The normalized spacial score (nSPS) is 16.9. The van der Waals surface area contributed by atoms with Crippen LogP contribution < -0.4 is 15.4 Å². The van der Waals surface area contributed by atoms with E-state index in [0.717, 1.165) is 31.4 Å². The van der Waals surface area contributed by atoms with E-state index in [1.807, 2.05) is 6.07 Å². The Labute approximate surface area is 114 Å². The Balaban J connectivity index is 1.99. The van der Waals surface area contributed by atoms with Crippen molar-refractivity contribution in [3.8, 4) is 5.88 Å². The molecule has 0 saturated carbocycles. The van der Waals surface area contributed by atoms with Crippen LogP contribution in [-0.2, 0) is 0 Å². The van der Waals surface area contributed by atoms with E-state index in [9.17, 15) is 0 Å². The van der Waals surface area contributed by atoms with Gasteiger partial charge in [0.1, 0.15) is 5.82 Å². The highest BCUT2D eigenvalue weighted by atomic mass is 16.5. The predicted octanol–water partition coefficient (Wildman–Crippen LogP) is 0.845. The third-order valence-corrected chi connectivity index (χ3v) is 3.48. The maximum absolute atomic E-state index is 5.70. The first-order valence-electron chi connectivity index (χ1n) is 6.66. The van der Waals surface area contributed by atoms with E-state index in [-0.39, 0.29) is 5.95 Å². The fraction of sp³-hybridized carbons (Fsp3) is 0.692. The lowest BCUT2D eigenvalue weighted by atomic mass is 9.96. The molecule has 0 atom stereocenters. The van der Waals surface area contributed by atoms with E-state index in [0.29, 0.717) is 5.88 Å². The van der Waals surface area contributed by atoms with Crippen molar-refractivity contribution in [3.63, 3.8) is 0 Å². The van der Waals surface area contributed by atoms with Crippen molar-refractivity contribution < 1.29 is 4.74 Å². The smallest absolute Gasteiger partial charge is 0.225 e. The first-order chi connectivity index (χ1) is 9.08. The zero-order chi connectivity index (χ0) is 13.8. The summed E-state index contributed by atoms with van der Waals surface area (Å²) < 4.78 is 5.14. The number of nitrogen functional groups attached to an aromatic ring is 1. The summed E-state index contributed by atoms with van der Waals surface area (Å²) in [5.41, 5.74) is 5.70. The molecule has 0 radical (unpaired) electrons. The largest absolute Gasteiger partial charge is 0.481 e. The molecule has 2 N–H and O–H groups in total. The summed E-state index contributed by atoms with van der Waals surface area (Å²) in [5, 5.41) is 0. The number of hydrogen-bond acceptors (Lipinski definition) is 6. The van der Waals surface area contributed by atoms with Crippen molar-refractivity contribution in [2.75, 3.05) is 51.5 Å². The van der Waals surface area contributed by atoms with Crippen molar-refractivity contribution >= 4 is 11.8 Å². The molecule has 0 unspecified atom stereocenters. The summed E-state index contributed by atoms with van der Waals surface area (Å²) in [7, 11) is 5.85. The Morgan fingerprint density at radius 3 is 2.63 bits per heavy atom.